The van der Waals surface area contributed by atoms with E-state index < -0.39 is 5.54 Å². The minimum absolute atomic E-state index is 0.0307. The Balaban J connectivity index is 2.73. The fraction of sp³-hybridized carbons (Fsp3) is 0.647. The van der Waals surface area contributed by atoms with E-state index in [1.807, 2.05) is 30.3 Å². The minimum atomic E-state index is -0.512. The Morgan fingerprint density at radius 1 is 1.20 bits per heavy atom. The van der Waals surface area contributed by atoms with E-state index in [9.17, 15) is 5.11 Å². The van der Waals surface area contributed by atoms with Crippen molar-refractivity contribution < 1.29 is 9.84 Å². The van der Waals surface area contributed by atoms with Crippen LogP contribution in [0.2, 0.25) is 0 Å². The number of ether oxygens (including phenoxy) is 1. The molecule has 0 aliphatic heterocycles. The first-order valence-corrected chi connectivity index (χ1v) is 7.66. The number of aliphatic hydroxyl groups is 1. The summed E-state index contributed by atoms with van der Waals surface area (Å²) in [6.07, 6.45) is 3.46. The number of hydrogen-bond donors (Lipinski definition) is 2. The maximum absolute atomic E-state index is 9.94. The van der Waals surface area contributed by atoms with Gasteiger partial charge in [0.2, 0.25) is 0 Å². The van der Waals surface area contributed by atoms with E-state index in [1.165, 1.54) is 12.8 Å². The Bertz CT molecular complexity index is 353. The molecule has 1 unspecified atom stereocenters. The molecular weight excluding hydrogens is 250 g/mol. The zero-order valence-corrected chi connectivity index (χ0v) is 13.1. The lowest BCUT2D eigenvalue weighted by molar-refractivity contribution is 0.0276. The van der Waals surface area contributed by atoms with Gasteiger partial charge in [-0.1, -0.05) is 50.1 Å². The van der Waals surface area contributed by atoms with Gasteiger partial charge in [-0.2, -0.15) is 0 Å². The molecular formula is C17H29NO2. The molecule has 1 rings (SSSR count). The molecule has 0 spiro atoms. The summed E-state index contributed by atoms with van der Waals surface area (Å²) in [6.45, 7) is 7.64. The normalized spacial score (nSPS) is 14.4. The van der Waals surface area contributed by atoms with Gasteiger partial charge in [0.1, 0.15) is 0 Å². The molecule has 0 aromatic heterocycles. The molecule has 0 saturated heterocycles. The number of unbranched alkanes of at least 4 members (excludes halogenated alkanes) is 2. The van der Waals surface area contributed by atoms with Crippen LogP contribution in [0.3, 0.4) is 0 Å². The zero-order chi connectivity index (χ0) is 14.8. The average molecular weight is 279 g/mol. The maximum Gasteiger partial charge on any atom is 0.0907 e. The van der Waals surface area contributed by atoms with E-state index in [4.69, 9.17) is 4.74 Å². The molecule has 2 N–H and O–H groups in total. The van der Waals surface area contributed by atoms with Crippen molar-refractivity contribution in [1.29, 1.82) is 0 Å². The molecule has 0 saturated carbocycles. The van der Waals surface area contributed by atoms with Crippen LogP contribution in [0.4, 0.5) is 0 Å². The summed E-state index contributed by atoms with van der Waals surface area (Å²) in [5, 5.41) is 13.4. The summed E-state index contributed by atoms with van der Waals surface area (Å²) in [7, 11) is 0. The van der Waals surface area contributed by atoms with Crippen LogP contribution in [0.15, 0.2) is 30.3 Å². The predicted octanol–water partition coefficient (Wildman–Crippen LogP) is 3.08. The van der Waals surface area contributed by atoms with Crippen molar-refractivity contribution in [3.63, 3.8) is 0 Å². The number of rotatable bonds is 10. The predicted molar refractivity (Wildman–Crippen MR) is 83.8 cm³/mol. The highest BCUT2D eigenvalue weighted by atomic mass is 16.5. The molecule has 0 radical (unpaired) electrons. The monoisotopic (exact) mass is 279 g/mol. The van der Waals surface area contributed by atoms with Crippen LogP contribution in [0.5, 0.6) is 0 Å². The first kappa shape index (κ1) is 17.2. The highest BCUT2D eigenvalue weighted by molar-refractivity contribution is 5.25. The van der Waals surface area contributed by atoms with Crippen molar-refractivity contribution in [2.75, 3.05) is 19.8 Å². The third-order valence-electron chi connectivity index (χ3n) is 3.40. The summed E-state index contributed by atoms with van der Waals surface area (Å²) in [6, 6.07) is 10.4. The summed E-state index contributed by atoms with van der Waals surface area (Å²) >= 11 is 0. The molecule has 0 aliphatic rings. The van der Waals surface area contributed by atoms with Crippen LogP contribution in [0.1, 0.15) is 45.6 Å². The van der Waals surface area contributed by atoms with Gasteiger partial charge in [-0.3, -0.25) is 0 Å². The fourth-order valence-corrected chi connectivity index (χ4v) is 2.40. The highest BCUT2D eigenvalue weighted by Crippen LogP contribution is 2.22. The summed E-state index contributed by atoms with van der Waals surface area (Å²) in [5.41, 5.74) is 0.563. The van der Waals surface area contributed by atoms with Crippen molar-refractivity contribution in [3.05, 3.63) is 35.9 Å². The van der Waals surface area contributed by atoms with Crippen LogP contribution in [0, 0.1) is 0 Å². The summed E-state index contributed by atoms with van der Waals surface area (Å²) in [5.74, 6) is 0. The van der Waals surface area contributed by atoms with Crippen LogP contribution in [0.25, 0.3) is 0 Å². The Labute approximate surface area is 123 Å². The van der Waals surface area contributed by atoms with Gasteiger partial charge in [-0.25, -0.2) is 0 Å². The fourth-order valence-electron chi connectivity index (χ4n) is 2.40. The summed E-state index contributed by atoms with van der Waals surface area (Å²) in [4.78, 5) is 0. The topological polar surface area (TPSA) is 41.5 Å². The molecule has 0 amide bonds. The van der Waals surface area contributed by atoms with Gasteiger partial charge < -0.3 is 15.2 Å². The van der Waals surface area contributed by atoms with Gasteiger partial charge in [-0.15, -0.1) is 0 Å². The quantitative estimate of drug-likeness (QED) is 0.647. The number of aliphatic hydroxyl groups excluding tert-OH is 1. The van der Waals surface area contributed by atoms with Gasteiger partial charge in [0, 0.05) is 12.6 Å². The van der Waals surface area contributed by atoms with E-state index in [1.54, 1.807) is 0 Å². The maximum atomic E-state index is 9.94. The van der Waals surface area contributed by atoms with Gasteiger partial charge in [0.15, 0.2) is 0 Å². The van der Waals surface area contributed by atoms with E-state index in [-0.39, 0.29) is 12.6 Å². The first-order chi connectivity index (χ1) is 9.64. The third kappa shape index (κ3) is 5.23. The van der Waals surface area contributed by atoms with Crippen LogP contribution >= 0.6 is 0 Å². The van der Waals surface area contributed by atoms with Crippen molar-refractivity contribution in [3.8, 4) is 0 Å². The Kier molecular flexibility index (Phi) is 7.82. The van der Waals surface area contributed by atoms with Crippen molar-refractivity contribution >= 4 is 0 Å². The highest BCUT2D eigenvalue weighted by Gasteiger charge is 2.32. The SMILES string of the molecule is CCCCCOCC(CO)(NC(C)C)c1ccccc1. The molecule has 0 fully saturated rings. The molecule has 3 nitrogen and oxygen atoms in total. The standard InChI is InChI=1S/C17H29NO2/c1-4-5-9-12-20-14-17(13-19,18-15(2)3)16-10-7-6-8-11-16/h6-8,10-11,15,18-19H,4-5,9,12-14H2,1-3H3. The lowest BCUT2D eigenvalue weighted by Gasteiger charge is -2.35. The largest absolute Gasteiger partial charge is 0.394 e. The Morgan fingerprint density at radius 3 is 2.45 bits per heavy atom. The lowest BCUT2D eigenvalue weighted by atomic mass is 9.90. The molecule has 1 aromatic carbocycles. The van der Waals surface area contributed by atoms with Crippen molar-refractivity contribution in [2.24, 2.45) is 0 Å². The second-order valence-electron chi connectivity index (χ2n) is 5.66. The molecule has 0 bridgehead atoms. The second kappa shape index (κ2) is 9.11. The lowest BCUT2D eigenvalue weighted by Crippen LogP contribution is -2.52. The Morgan fingerprint density at radius 2 is 1.90 bits per heavy atom. The molecule has 0 aliphatic carbocycles. The number of nitrogens with one attached hydrogen (secondary N) is 1. The number of benzene rings is 1. The van der Waals surface area contributed by atoms with Crippen molar-refractivity contribution in [1.82, 2.24) is 5.32 Å². The number of hydrogen-bond acceptors (Lipinski definition) is 3. The van der Waals surface area contributed by atoms with Crippen LogP contribution in [-0.4, -0.2) is 31.0 Å². The van der Waals surface area contributed by atoms with Crippen LogP contribution < -0.4 is 5.32 Å². The van der Waals surface area contributed by atoms with E-state index in [0.717, 1.165) is 18.6 Å². The van der Waals surface area contributed by atoms with Gasteiger partial charge in [-0.05, 0) is 25.8 Å². The van der Waals surface area contributed by atoms with E-state index >= 15 is 0 Å². The molecule has 1 aromatic rings. The van der Waals surface area contributed by atoms with Gasteiger partial charge in [0.25, 0.3) is 0 Å². The van der Waals surface area contributed by atoms with E-state index in [0.29, 0.717) is 6.61 Å². The molecule has 1 atom stereocenters. The average Bonchev–Trinajstić information content (AvgIpc) is 2.46. The van der Waals surface area contributed by atoms with Gasteiger partial charge in [0.05, 0.1) is 18.8 Å². The third-order valence-corrected chi connectivity index (χ3v) is 3.40. The van der Waals surface area contributed by atoms with Crippen molar-refractivity contribution in [2.45, 2.75) is 51.6 Å². The summed E-state index contributed by atoms with van der Waals surface area (Å²) < 4.78 is 5.82. The molecule has 0 heterocycles. The molecule has 3 heteroatoms. The zero-order valence-electron chi connectivity index (χ0n) is 13.1. The smallest absolute Gasteiger partial charge is 0.0907 e. The van der Waals surface area contributed by atoms with Crippen LogP contribution in [-0.2, 0) is 10.3 Å². The minimum Gasteiger partial charge on any atom is -0.394 e. The molecule has 114 valence electrons. The Hall–Kier alpha value is -0.900. The first-order valence-electron chi connectivity index (χ1n) is 7.66. The van der Waals surface area contributed by atoms with Gasteiger partial charge >= 0.3 is 0 Å². The second-order valence-corrected chi connectivity index (χ2v) is 5.66. The molecule has 20 heavy (non-hydrogen) atoms. The van der Waals surface area contributed by atoms with E-state index in [2.05, 4.69) is 26.1 Å².